The van der Waals surface area contributed by atoms with Crippen LogP contribution in [0.25, 0.3) is 0 Å². The van der Waals surface area contributed by atoms with E-state index in [4.69, 9.17) is 0 Å². The predicted octanol–water partition coefficient (Wildman–Crippen LogP) is 2.14. The smallest absolute Gasteiger partial charge is 0.305 e. The average Bonchev–Trinajstić information content (AvgIpc) is 2.81. The molecule has 0 saturated heterocycles. The Morgan fingerprint density at radius 3 is 2.53 bits per heavy atom. The molecule has 0 fully saturated rings. The first-order valence-electron chi connectivity index (χ1n) is 5.86. The van der Waals surface area contributed by atoms with E-state index in [2.05, 4.69) is 51.8 Å². The van der Waals surface area contributed by atoms with E-state index in [1.54, 1.807) is 12.3 Å². The molecule has 7 nitrogen and oxygen atoms in total. The Hall–Kier alpha value is -2.44. The highest BCUT2D eigenvalue weighted by molar-refractivity contribution is 5.98. The lowest BCUT2D eigenvalue weighted by atomic mass is 9.92. The molecule has 3 N–H and O–H groups in total. The molecule has 19 heavy (non-hydrogen) atoms. The number of hydrogen-bond donors (Lipinski definition) is 3. The zero-order valence-electron chi connectivity index (χ0n) is 11.1. The summed E-state index contributed by atoms with van der Waals surface area (Å²) in [5.74, 6) is 0.397. The number of urea groups is 1. The minimum absolute atomic E-state index is 0.0649. The van der Waals surface area contributed by atoms with Crippen molar-refractivity contribution in [1.29, 1.82) is 0 Å². The van der Waals surface area contributed by atoms with E-state index in [0.717, 1.165) is 5.69 Å². The molecular formula is C12H16N6O. The van der Waals surface area contributed by atoms with Crippen molar-refractivity contribution < 1.29 is 4.79 Å². The molecule has 0 radical (unpaired) electrons. The number of carbonyl (C=O) groups excluding carboxylic acids is 1. The number of hydrogen-bond acceptors (Lipinski definition) is 4. The molecule has 100 valence electrons. The van der Waals surface area contributed by atoms with Crippen LogP contribution in [0.1, 0.15) is 26.5 Å². The summed E-state index contributed by atoms with van der Waals surface area (Å²) < 4.78 is 0. The van der Waals surface area contributed by atoms with Gasteiger partial charge in [0.1, 0.15) is 0 Å². The van der Waals surface area contributed by atoms with E-state index in [1.807, 2.05) is 6.07 Å². The van der Waals surface area contributed by atoms with Crippen LogP contribution in [-0.4, -0.2) is 26.4 Å². The molecule has 0 atom stereocenters. The van der Waals surface area contributed by atoms with Crippen LogP contribution in [-0.2, 0) is 5.41 Å². The topological polar surface area (TPSA) is 95.6 Å². The zero-order chi connectivity index (χ0) is 13.9. The van der Waals surface area contributed by atoms with Crippen molar-refractivity contribution in [2.45, 2.75) is 26.2 Å². The van der Waals surface area contributed by atoms with Crippen molar-refractivity contribution in [3.8, 4) is 0 Å². The summed E-state index contributed by atoms with van der Waals surface area (Å²) in [7, 11) is 0. The van der Waals surface area contributed by atoms with E-state index in [0.29, 0.717) is 11.5 Å². The van der Waals surface area contributed by atoms with E-state index < -0.39 is 0 Å². The van der Waals surface area contributed by atoms with Gasteiger partial charge in [-0.3, -0.25) is 10.4 Å². The lowest BCUT2D eigenvalue weighted by molar-refractivity contribution is 0.262. The van der Waals surface area contributed by atoms with E-state index in [1.165, 1.54) is 6.20 Å². The third-order valence-corrected chi connectivity index (χ3v) is 2.43. The molecule has 0 saturated carbocycles. The molecule has 0 aliphatic carbocycles. The van der Waals surface area contributed by atoms with Crippen molar-refractivity contribution in [1.82, 2.24) is 20.4 Å². The van der Waals surface area contributed by atoms with Crippen LogP contribution in [0.2, 0.25) is 0 Å². The van der Waals surface area contributed by atoms with Crippen LogP contribution < -0.4 is 10.6 Å². The quantitative estimate of drug-likeness (QED) is 0.770. The summed E-state index contributed by atoms with van der Waals surface area (Å²) in [6, 6.07) is 3.18. The highest BCUT2D eigenvalue weighted by Gasteiger charge is 2.16. The largest absolute Gasteiger partial charge is 0.324 e. The first-order valence-corrected chi connectivity index (χ1v) is 5.86. The van der Waals surface area contributed by atoms with Gasteiger partial charge in [0.2, 0.25) is 0 Å². The van der Waals surface area contributed by atoms with Gasteiger partial charge in [-0.05, 0) is 12.1 Å². The second-order valence-corrected chi connectivity index (χ2v) is 5.12. The van der Waals surface area contributed by atoms with Gasteiger partial charge in [-0.15, -0.1) is 5.10 Å². The molecule has 0 aliphatic heterocycles. The van der Waals surface area contributed by atoms with Crippen LogP contribution in [0.15, 0.2) is 24.5 Å². The first kappa shape index (κ1) is 13.0. The summed E-state index contributed by atoms with van der Waals surface area (Å²) >= 11 is 0. The van der Waals surface area contributed by atoms with E-state index in [-0.39, 0.29) is 11.4 Å². The summed E-state index contributed by atoms with van der Waals surface area (Å²) in [4.78, 5) is 11.6. The van der Waals surface area contributed by atoms with Crippen LogP contribution >= 0.6 is 0 Å². The number of rotatable bonds is 2. The second-order valence-electron chi connectivity index (χ2n) is 5.12. The van der Waals surface area contributed by atoms with Crippen molar-refractivity contribution in [3.05, 3.63) is 30.2 Å². The maximum Gasteiger partial charge on any atom is 0.324 e. The standard InChI is InChI=1S/C12H16N6O/c1-12(2,3)9-4-5-10(18-17-9)16-11(19)15-8-6-13-14-7-8/h4-7H,1-3H3,(H,13,14)(H2,15,16,18,19). The first-order chi connectivity index (χ1) is 8.95. The van der Waals surface area contributed by atoms with Crippen LogP contribution in [0, 0.1) is 0 Å². The molecule has 2 amide bonds. The molecule has 0 spiro atoms. The number of nitrogens with zero attached hydrogens (tertiary/aromatic N) is 3. The number of nitrogens with one attached hydrogen (secondary N) is 3. The highest BCUT2D eigenvalue weighted by atomic mass is 16.2. The van der Waals surface area contributed by atoms with Crippen molar-refractivity contribution in [2.24, 2.45) is 0 Å². The van der Waals surface area contributed by atoms with Crippen LogP contribution in [0.4, 0.5) is 16.3 Å². The van der Waals surface area contributed by atoms with Gasteiger partial charge in [-0.25, -0.2) is 4.79 Å². The zero-order valence-corrected chi connectivity index (χ0v) is 11.1. The third kappa shape index (κ3) is 3.51. The number of anilines is 2. The van der Waals surface area contributed by atoms with Gasteiger partial charge in [-0.2, -0.15) is 10.2 Å². The van der Waals surface area contributed by atoms with E-state index in [9.17, 15) is 4.79 Å². The Bertz CT molecular complexity index is 541. The van der Waals surface area contributed by atoms with Gasteiger partial charge in [0, 0.05) is 11.6 Å². The van der Waals surface area contributed by atoms with Gasteiger partial charge in [0.15, 0.2) is 5.82 Å². The summed E-state index contributed by atoms with van der Waals surface area (Å²) in [5.41, 5.74) is 1.38. The molecule has 7 heteroatoms. The maximum absolute atomic E-state index is 11.6. The van der Waals surface area contributed by atoms with Gasteiger partial charge >= 0.3 is 6.03 Å². The number of amides is 2. The predicted molar refractivity (Wildman–Crippen MR) is 72.0 cm³/mol. The summed E-state index contributed by atoms with van der Waals surface area (Å²) in [6.07, 6.45) is 3.09. The molecule has 2 rings (SSSR count). The van der Waals surface area contributed by atoms with Gasteiger partial charge < -0.3 is 5.32 Å². The molecule has 0 bridgehead atoms. The monoisotopic (exact) mass is 260 g/mol. The number of aromatic amines is 1. The van der Waals surface area contributed by atoms with Gasteiger partial charge in [0.05, 0.1) is 17.6 Å². The molecule has 0 unspecified atom stereocenters. The van der Waals surface area contributed by atoms with Crippen LogP contribution in [0.3, 0.4) is 0 Å². The van der Waals surface area contributed by atoms with Crippen molar-refractivity contribution >= 4 is 17.5 Å². The normalized spacial score (nSPS) is 11.1. The second kappa shape index (κ2) is 5.05. The molecule has 2 aromatic heterocycles. The van der Waals surface area contributed by atoms with Crippen molar-refractivity contribution in [3.63, 3.8) is 0 Å². The Morgan fingerprint density at radius 1 is 1.21 bits per heavy atom. The minimum Gasteiger partial charge on any atom is -0.305 e. The lowest BCUT2D eigenvalue weighted by Crippen LogP contribution is -2.21. The highest BCUT2D eigenvalue weighted by Crippen LogP contribution is 2.19. The SMILES string of the molecule is CC(C)(C)c1ccc(NC(=O)Nc2cn[nH]c2)nn1. The molecular weight excluding hydrogens is 244 g/mol. The van der Waals surface area contributed by atoms with Crippen LogP contribution in [0.5, 0.6) is 0 Å². The Kier molecular flexibility index (Phi) is 3.46. The average molecular weight is 260 g/mol. The minimum atomic E-state index is -0.390. The number of aromatic nitrogens is 4. The summed E-state index contributed by atoms with van der Waals surface area (Å²) in [5, 5.41) is 19.6. The Balaban J connectivity index is 1.98. The Labute approximate surface area is 110 Å². The number of carbonyl (C=O) groups is 1. The molecule has 0 aromatic carbocycles. The van der Waals surface area contributed by atoms with Gasteiger partial charge in [0.25, 0.3) is 0 Å². The molecule has 2 heterocycles. The fourth-order valence-corrected chi connectivity index (χ4v) is 1.40. The summed E-state index contributed by atoms with van der Waals surface area (Å²) in [6.45, 7) is 6.15. The molecule has 2 aromatic rings. The Morgan fingerprint density at radius 2 is 2.00 bits per heavy atom. The lowest BCUT2D eigenvalue weighted by Gasteiger charge is -2.16. The van der Waals surface area contributed by atoms with E-state index >= 15 is 0 Å². The third-order valence-electron chi connectivity index (χ3n) is 2.43. The fraction of sp³-hybridized carbons (Fsp3) is 0.333. The fourth-order valence-electron chi connectivity index (χ4n) is 1.40. The number of H-pyrrole nitrogens is 1. The maximum atomic E-state index is 11.6. The van der Waals surface area contributed by atoms with Gasteiger partial charge in [-0.1, -0.05) is 20.8 Å². The molecule has 0 aliphatic rings. The van der Waals surface area contributed by atoms with Crippen molar-refractivity contribution in [2.75, 3.05) is 10.6 Å².